The molecule has 0 saturated carbocycles. The van der Waals surface area contributed by atoms with Crippen molar-refractivity contribution in [1.29, 1.82) is 0 Å². The highest BCUT2D eigenvalue weighted by atomic mass is 32.3. The quantitative estimate of drug-likeness (QED) is 0.606. The second-order valence-corrected chi connectivity index (χ2v) is 6.64. The number of aliphatic hydroxyl groups excluding tert-OH is 1. The van der Waals surface area contributed by atoms with Crippen molar-refractivity contribution in [1.82, 2.24) is 0 Å². The SMILES string of the molecule is O=S(=O)(O)OCC(O)(CO)c1cccc2c1Cc1ccccc1-2. The third kappa shape index (κ3) is 3.01. The first kappa shape index (κ1) is 16.1. The van der Waals surface area contributed by atoms with Crippen molar-refractivity contribution in [3.63, 3.8) is 0 Å². The van der Waals surface area contributed by atoms with Gasteiger partial charge in [0.05, 0.1) is 6.61 Å². The average molecular weight is 336 g/mol. The number of fused-ring (bicyclic) bond motifs is 3. The predicted molar refractivity (Wildman–Crippen MR) is 83.2 cm³/mol. The number of rotatable bonds is 5. The van der Waals surface area contributed by atoms with Crippen molar-refractivity contribution in [2.24, 2.45) is 0 Å². The predicted octanol–water partition coefficient (Wildman–Crippen LogP) is 1.26. The molecule has 23 heavy (non-hydrogen) atoms. The summed E-state index contributed by atoms with van der Waals surface area (Å²) in [5.74, 6) is 0. The molecule has 0 aliphatic heterocycles. The summed E-state index contributed by atoms with van der Waals surface area (Å²) in [6.07, 6.45) is 0.565. The molecular weight excluding hydrogens is 320 g/mol. The molecule has 1 atom stereocenters. The van der Waals surface area contributed by atoms with Crippen LogP contribution in [0.1, 0.15) is 16.7 Å². The van der Waals surface area contributed by atoms with Crippen LogP contribution in [0.25, 0.3) is 11.1 Å². The minimum atomic E-state index is -4.71. The summed E-state index contributed by atoms with van der Waals surface area (Å²) in [5, 5.41) is 20.2. The second kappa shape index (κ2) is 5.70. The molecule has 1 aliphatic carbocycles. The first-order valence-electron chi connectivity index (χ1n) is 7.00. The van der Waals surface area contributed by atoms with Gasteiger partial charge < -0.3 is 10.2 Å². The summed E-state index contributed by atoms with van der Waals surface area (Å²) in [5.41, 5.74) is 2.33. The van der Waals surface area contributed by atoms with Gasteiger partial charge in [-0.1, -0.05) is 42.5 Å². The Kier molecular flexibility index (Phi) is 3.99. The molecule has 0 fully saturated rings. The van der Waals surface area contributed by atoms with E-state index in [-0.39, 0.29) is 0 Å². The molecule has 0 bridgehead atoms. The maximum atomic E-state index is 10.8. The van der Waals surface area contributed by atoms with Crippen LogP contribution >= 0.6 is 0 Å². The molecular formula is C16H16O6S. The summed E-state index contributed by atoms with van der Waals surface area (Å²) in [6.45, 7) is -1.51. The van der Waals surface area contributed by atoms with Crippen LogP contribution in [0.2, 0.25) is 0 Å². The molecule has 1 unspecified atom stereocenters. The van der Waals surface area contributed by atoms with E-state index in [1.807, 2.05) is 30.3 Å². The molecule has 3 rings (SSSR count). The van der Waals surface area contributed by atoms with Crippen molar-refractivity contribution in [3.8, 4) is 11.1 Å². The number of aliphatic hydroxyl groups is 2. The van der Waals surface area contributed by atoms with Gasteiger partial charge in [-0.15, -0.1) is 0 Å². The molecule has 2 aromatic rings. The smallest absolute Gasteiger partial charge is 0.393 e. The van der Waals surface area contributed by atoms with Crippen LogP contribution in [0.15, 0.2) is 42.5 Å². The minimum Gasteiger partial charge on any atom is -0.393 e. The Bertz CT molecular complexity index is 845. The Morgan fingerprint density at radius 2 is 1.78 bits per heavy atom. The molecule has 6 nitrogen and oxygen atoms in total. The number of benzene rings is 2. The van der Waals surface area contributed by atoms with Crippen molar-refractivity contribution < 1.29 is 27.4 Å². The van der Waals surface area contributed by atoms with Crippen LogP contribution in [-0.4, -0.2) is 36.4 Å². The maximum absolute atomic E-state index is 10.8. The Balaban J connectivity index is 2.04. The van der Waals surface area contributed by atoms with E-state index in [1.165, 1.54) is 0 Å². The number of hydrogen-bond acceptors (Lipinski definition) is 5. The van der Waals surface area contributed by atoms with Gasteiger partial charge in [-0.3, -0.25) is 4.55 Å². The van der Waals surface area contributed by atoms with E-state index >= 15 is 0 Å². The van der Waals surface area contributed by atoms with E-state index in [0.717, 1.165) is 22.3 Å². The van der Waals surface area contributed by atoms with Crippen molar-refractivity contribution in [2.45, 2.75) is 12.0 Å². The summed E-state index contributed by atoms with van der Waals surface area (Å²) >= 11 is 0. The van der Waals surface area contributed by atoms with Crippen LogP contribution < -0.4 is 0 Å². The van der Waals surface area contributed by atoms with Crippen LogP contribution in [0, 0.1) is 0 Å². The van der Waals surface area contributed by atoms with Gasteiger partial charge in [-0.2, -0.15) is 8.42 Å². The monoisotopic (exact) mass is 336 g/mol. The van der Waals surface area contributed by atoms with E-state index < -0.39 is 29.2 Å². The van der Waals surface area contributed by atoms with Gasteiger partial charge >= 0.3 is 10.4 Å². The van der Waals surface area contributed by atoms with E-state index in [9.17, 15) is 18.6 Å². The molecule has 0 radical (unpaired) electrons. The molecule has 0 heterocycles. The highest BCUT2D eigenvalue weighted by Crippen LogP contribution is 2.41. The van der Waals surface area contributed by atoms with E-state index in [4.69, 9.17) is 4.55 Å². The lowest BCUT2D eigenvalue weighted by molar-refractivity contribution is -0.0536. The Hall–Kier alpha value is -1.77. The largest absolute Gasteiger partial charge is 0.397 e. The first-order chi connectivity index (χ1) is 10.8. The van der Waals surface area contributed by atoms with Crippen LogP contribution in [-0.2, 0) is 26.6 Å². The molecule has 7 heteroatoms. The molecule has 0 aromatic heterocycles. The van der Waals surface area contributed by atoms with Crippen LogP contribution in [0.5, 0.6) is 0 Å². The van der Waals surface area contributed by atoms with Gasteiger partial charge in [0.1, 0.15) is 12.2 Å². The highest BCUT2D eigenvalue weighted by Gasteiger charge is 2.35. The van der Waals surface area contributed by atoms with Crippen molar-refractivity contribution >= 4 is 10.4 Å². The zero-order chi connectivity index (χ0) is 16.7. The molecule has 0 saturated heterocycles. The summed E-state index contributed by atoms with van der Waals surface area (Å²) in [4.78, 5) is 0. The van der Waals surface area contributed by atoms with E-state index in [0.29, 0.717) is 12.0 Å². The zero-order valence-corrected chi connectivity index (χ0v) is 13.0. The topological polar surface area (TPSA) is 104 Å². The van der Waals surface area contributed by atoms with E-state index in [2.05, 4.69) is 4.18 Å². The van der Waals surface area contributed by atoms with E-state index in [1.54, 1.807) is 12.1 Å². The molecule has 3 N–H and O–H groups in total. The van der Waals surface area contributed by atoms with Gasteiger partial charge in [0, 0.05) is 0 Å². The Morgan fingerprint density at radius 1 is 1.09 bits per heavy atom. The van der Waals surface area contributed by atoms with Gasteiger partial charge in [0.15, 0.2) is 0 Å². The normalized spacial score (nSPS) is 15.8. The Labute approximate surface area is 133 Å². The van der Waals surface area contributed by atoms with Gasteiger partial charge in [0.25, 0.3) is 0 Å². The summed E-state index contributed by atoms with van der Waals surface area (Å²) in [7, 11) is -4.71. The molecule has 1 aliphatic rings. The van der Waals surface area contributed by atoms with Gasteiger partial charge in [-0.05, 0) is 34.2 Å². The lowest BCUT2D eigenvalue weighted by Crippen LogP contribution is -2.37. The van der Waals surface area contributed by atoms with Gasteiger partial charge in [-0.25, -0.2) is 4.18 Å². The van der Waals surface area contributed by atoms with Crippen LogP contribution in [0.3, 0.4) is 0 Å². The maximum Gasteiger partial charge on any atom is 0.397 e. The molecule has 122 valence electrons. The molecule has 2 aromatic carbocycles. The molecule has 0 amide bonds. The summed E-state index contributed by atoms with van der Waals surface area (Å²) < 4.78 is 34.6. The standard InChI is InChI=1S/C16H16O6S/c17-9-16(18,10-22-23(19,20)21)15-7-3-6-13-12-5-2-1-4-11(12)8-14(13)15/h1-7,17-18H,8-10H2,(H,19,20,21). The fourth-order valence-electron chi connectivity index (χ4n) is 2.97. The lowest BCUT2D eigenvalue weighted by Gasteiger charge is -2.27. The lowest BCUT2D eigenvalue weighted by atomic mass is 9.88. The fourth-order valence-corrected chi connectivity index (χ4v) is 3.32. The van der Waals surface area contributed by atoms with Crippen LogP contribution in [0.4, 0.5) is 0 Å². The summed E-state index contributed by atoms with van der Waals surface area (Å²) in [6, 6.07) is 13.0. The van der Waals surface area contributed by atoms with Crippen molar-refractivity contribution in [3.05, 3.63) is 59.2 Å². The third-order valence-corrected chi connectivity index (χ3v) is 4.48. The third-order valence-electron chi connectivity index (χ3n) is 4.06. The minimum absolute atomic E-state index is 0.386. The first-order valence-corrected chi connectivity index (χ1v) is 8.36. The number of hydrogen-bond donors (Lipinski definition) is 3. The van der Waals surface area contributed by atoms with Crippen molar-refractivity contribution in [2.75, 3.05) is 13.2 Å². The highest BCUT2D eigenvalue weighted by molar-refractivity contribution is 7.80. The molecule has 0 spiro atoms. The fraction of sp³-hybridized carbons (Fsp3) is 0.250. The van der Waals surface area contributed by atoms with Gasteiger partial charge in [0.2, 0.25) is 0 Å². The Morgan fingerprint density at radius 3 is 2.48 bits per heavy atom. The average Bonchev–Trinajstić information content (AvgIpc) is 2.90. The second-order valence-electron chi connectivity index (χ2n) is 5.55. The zero-order valence-electron chi connectivity index (χ0n) is 12.1.